The van der Waals surface area contributed by atoms with E-state index in [1.807, 2.05) is 30.3 Å². The van der Waals surface area contributed by atoms with Crippen LogP contribution in [0.15, 0.2) is 95.2 Å². The van der Waals surface area contributed by atoms with E-state index in [1.165, 1.54) is 41.4 Å². The fourth-order valence-electron chi connectivity index (χ4n) is 4.93. The monoisotopic (exact) mass is 748 g/mol. The lowest BCUT2D eigenvalue weighted by Gasteiger charge is -2.15. The van der Waals surface area contributed by atoms with E-state index in [1.54, 1.807) is 40.7 Å². The highest BCUT2D eigenvalue weighted by atomic mass is 79.9. The molecule has 14 heteroatoms. The van der Waals surface area contributed by atoms with E-state index in [2.05, 4.69) is 41.2 Å². The summed E-state index contributed by atoms with van der Waals surface area (Å²) < 4.78 is 58.3. The van der Waals surface area contributed by atoms with Gasteiger partial charge in [-0.15, -0.1) is 11.3 Å². The third-order valence-corrected chi connectivity index (χ3v) is 9.26. The molecule has 0 atom stereocenters. The third kappa shape index (κ3) is 8.63. The number of hydrogen-bond donors (Lipinski definition) is 1. The average molecular weight is 750 g/mol. The summed E-state index contributed by atoms with van der Waals surface area (Å²) in [6.07, 6.45) is 4.13. The number of benzene rings is 3. The SMILES string of the molecule is O=S(=O)=CN(CCc1ccccn1)CCc1nc(-c2cc3c(Nc4ccc(OCc5cccc(F)c5)c(Br)c4)ncnc3cc2F)cs1. The van der Waals surface area contributed by atoms with Gasteiger partial charge in [0, 0.05) is 65.9 Å². The Morgan fingerprint density at radius 1 is 0.958 bits per heavy atom. The van der Waals surface area contributed by atoms with Crippen molar-refractivity contribution < 1.29 is 21.9 Å². The zero-order valence-corrected chi connectivity index (χ0v) is 28.4. The van der Waals surface area contributed by atoms with Crippen LogP contribution in [0.3, 0.4) is 0 Å². The van der Waals surface area contributed by atoms with Gasteiger partial charge in [0.15, 0.2) is 0 Å². The number of aromatic nitrogens is 4. The molecule has 48 heavy (non-hydrogen) atoms. The van der Waals surface area contributed by atoms with Gasteiger partial charge in [0.1, 0.15) is 41.6 Å². The molecule has 0 saturated carbocycles. The highest BCUT2D eigenvalue weighted by molar-refractivity contribution is 9.10. The van der Waals surface area contributed by atoms with Crippen LogP contribution in [0.1, 0.15) is 16.3 Å². The standard InChI is InChI=1S/C34H27BrF2N6O3S2/c35-28-15-25(7-8-32(28)46-18-22-4-3-5-23(36)14-22)41-34-27-16-26(29(37)17-30(27)39-20-40-34)31-19-47-33(42-31)10-13-43(21-48(44)45)12-9-24-6-1-2-11-38-24/h1-8,11,14-17,19-21H,9-10,12-13,18H2,(H,39,40,41). The summed E-state index contributed by atoms with van der Waals surface area (Å²) in [5, 5.41) is 6.40. The summed E-state index contributed by atoms with van der Waals surface area (Å²) in [4.78, 5) is 19.4. The fraction of sp³-hybridized carbons (Fsp3) is 0.147. The van der Waals surface area contributed by atoms with Gasteiger partial charge in [-0.3, -0.25) is 9.88 Å². The van der Waals surface area contributed by atoms with Crippen molar-refractivity contribution in [3.05, 3.63) is 123 Å². The largest absolute Gasteiger partial charge is 0.488 e. The molecule has 9 nitrogen and oxygen atoms in total. The van der Waals surface area contributed by atoms with Gasteiger partial charge in [-0.2, -0.15) is 8.42 Å². The molecule has 3 aromatic heterocycles. The Balaban J connectivity index is 1.16. The Kier molecular flexibility index (Phi) is 10.8. The quantitative estimate of drug-likeness (QED) is 0.122. The lowest BCUT2D eigenvalue weighted by atomic mass is 10.1. The highest BCUT2D eigenvalue weighted by Crippen LogP contribution is 2.34. The molecular formula is C34H27BrF2N6O3S2. The van der Waals surface area contributed by atoms with Gasteiger partial charge < -0.3 is 10.1 Å². The second-order valence-electron chi connectivity index (χ2n) is 10.6. The smallest absolute Gasteiger partial charge is 0.225 e. The summed E-state index contributed by atoms with van der Waals surface area (Å²) in [7, 11) is -2.36. The summed E-state index contributed by atoms with van der Waals surface area (Å²) >= 11 is 4.92. The number of ether oxygens (including phenoxy) is 1. The number of thiazole rings is 1. The van der Waals surface area contributed by atoms with Gasteiger partial charge in [-0.25, -0.2) is 23.7 Å². The number of nitrogens with zero attached hydrogens (tertiary/aromatic N) is 5. The number of halogens is 3. The first-order valence-corrected chi connectivity index (χ1v) is 17.5. The van der Waals surface area contributed by atoms with Crippen LogP contribution in [0.4, 0.5) is 20.3 Å². The van der Waals surface area contributed by atoms with Gasteiger partial charge >= 0.3 is 0 Å². The number of hydrogen-bond acceptors (Lipinski definition) is 9. The van der Waals surface area contributed by atoms with Crippen LogP contribution in [0.2, 0.25) is 0 Å². The molecule has 3 heterocycles. The molecule has 1 N–H and O–H groups in total. The molecule has 0 spiro atoms. The molecule has 6 rings (SSSR count). The van der Waals surface area contributed by atoms with Crippen molar-refractivity contribution >= 4 is 65.5 Å². The van der Waals surface area contributed by atoms with Crippen molar-refractivity contribution in [3.63, 3.8) is 0 Å². The van der Waals surface area contributed by atoms with E-state index in [0.717, 1.165) is 10.7 Å². The first-order chi connectivity index (χ1) is 23.3. The number of rotatable bonds is 13. The van der Waals surface area contributed by atoms with Crippen LogP contribution in [0.5, 0.6) is 5.75 Å². The Morgan fingerprint density at radius 2 is 1.83 bits per heavy atom. The molecule has 0 amide bonds. The van der Waals surface area contributed by atoms with Crippen LogP contribution < -0.4 is 10.1 Å². The maximum atomic E-state index is 15.4. The molecule has 244 valence electrons. The van der Waals surface area contributed by atoms with E-state index < -0.39 is 16.1 Å². The topological polar surface area (TPSA) is 110 Å². The molecular weight excluding hydrogens is 722 g/mol. The maximum absolute atomic E-state index is 15.4. The number of pyridine rings is 1. The first-order valence-electron chi connectivity index (χ1n) is 14.7. The van der Waals surface area contributed by atoms with Gasteiger partial charge in [-0.05, 0) is 70.0 Å². The summed E-state index contributed by atoms with van der Waals surface area (Å²) in [6.45, 7) is 1.09. The predicted octanol–water partition coefficient (Wildman–Crippen LogP) is 7.24. The molecule has 0 bridgehead atoms. The second kappa shape index (κ2) is 15.5. The van der Waals surface area contributed by atoms with Crippen LogP contribution >= 0.6 is 27.3 Å². The summed E-state index contributed by atoms with van der Waals surface area (Å²) in [5.41, 5.74) is 4.62. The van der Waals surface area contributed by atoms with E-state index in [-0.39, 0.29) is 12.4 Å². The van der Waals surface area contributed by atoms with E-state index >= 15 is 4.39 Å². The van der Waals surface area contributed by atoms with Crippen molar-refractivity contribution in [1.82, 2.24) is 24.8 Å². The Labute approximate surface area is 289 Å². The Morgan fingerprint density at radius 3 is 2.62 bits per heavy atom. The van der Waals surface area contributed by atoms with Gasteiger partial charge in [0.2, 0.25) is 10.3 Å². The molecule has 3 aromatic carbocycles. The van der Waals surface area contributed by atoms with E-state index in [9.17, 15) is 12.8 Å². The zero-order chi connectivity index (χ0) is 33.5. The average Bonchev–Trinajstić information content (AvgIpc) is 3.54. The zero-order valence-electron chi connectivity index (χ0n) is 25.2. The molecule has 0 aliphatic rings. The van der Waals surface area contributed by atoms with Gasteiger partial charge in [0.25, 0.3) is 0 Å². The molecule has 6 aromatic rings. The minimum atomic E-state index is -2.36. The molecule has 0 fully saturated rings. The molecule has 0 radical (unpaired) electrons. The van der Waals surface area contributed by atoms with E-state index in [0.29, 0.717) is 75.4 Å². The molecule has 0 aliphatic carbocycles. The first kappa shape index (κ1) is 33.3. The fourth-order valence-corrected chi connectivity index (χ4v) is 6.66. The lowest BCUT2D eigenvalue weighted by Crippen LogP contribution is -2.27. The molecule has 0 saturated heterocycles. The highest BCUT2D eigenvalue weighted by Gasteiger charge is 2.16. The molecule has 0 aliphatic heterocycles. The second-order valence-corrected chi connectivity index (χ2v) is 13.1. The van der Waals surface area contributed by atoms with Gasteiger partial charge in [-0.1, -0.05) is 18.2 Å². The summed E-state index contributed by atoms with van der Waals surface area (Å²) in [5.74, 6) is 0.257. The van der Waals surface area contributed by atoms with Gasteiger partial charge in [0.05, 0.1) is 20.7 Å². The Hall–Kier alpha value is -4.63. The van der Waals surface area contributed by atoms with Crippen molar-refractivity contribution in [2.24, 2.45) is 0 Å². The predicted molar refractivity (Wildman–Crippen MR) is 187 cm³/mol. The Bertz CT molecular complexity index is 2190. The lowest BCUT2D eigenvalue weighted by molar-refractivity contribution is 0.303. The minimum absolute atomic E-state index is 0.204. The minimum Gasteiger partial charge on any atom is -0.488 e. The normalized spacial score (nSPS) is 11.2. The third-order valence-electron chi connectivity index (χ3n) is 7.26. The summed E-state index contributed by atoms with van der Waals surface area (Å²) in [6, 6.07) is 20.3. The van der Waals surface area contributed by atoms with Crippen LogP contribution in [0, 0.1) is 11.6 Å². The maximum Gasteiger partial charge on any atom is 0.225 e. The number of fused-ring (bicyclic) bond motifs is 1. The van der Waals surface area contributed by atoms with Crippen LogP contribution in [0.25, 0.3) is 22.2 Å². The van der Waals surface area contributed by atoms with Crippen LogP contribution in [-0.2, 0) is 29.7 Å². The molecule has 0 unspecified atom stereocenters. The van der Waals surface area contributed by atoms with Crippen molar-refractivity contribution in [2.45, 2.75) is 19.4 Å². The number of nitrogens with one attached hydrogen (secondary N) is 1. The number of anilines is 2. The van der Waals surface area contributed by atoms with E-state index in [4.69, 9.17) is 4.74 Å². The van der Waals surface area contributed by atoms with Crippen LogP contribution in [-0.4, -0.2) is 51.8 Å². The van der Waals surface area contributed by atoms with Crippen molar-refractivity contribution in [1.29, 1.82) is 0 Å². The van der Waals surface area contributed by atoms with Crippen molar-refractivity contribution in [2.75, 3.05) is 18.4 Å². The van der Waals surface area contributed by atoms with Crippen molar-refractivity contribution in [3.8, 4) is 17.0 Å².